The first-order chi connectivity index (χ1) is 17.8. The molecule has 1 aliphatic heterocycles. The number of hydrogen-bond acceptors (Lipinski definition) is 6. The maximum Gasteiger partial charge on any atom is 0.184 e. The van der Waals surface area contributed by atoms with Gasteiger partial charge in [0.15, 0.2) is 5.78 Å². The van der Waals surface area contributed by atoms with Gasteiger partial charge in [0, 0.05) is 83.1 Å². The van der Waals surface area contributed by atoms with E-state index in [1.165, 1.54) is 12.8 Å². The van der Waals surface area contributed by atoms with Crippen molar-refractivity contribution in [3.63, 3.8) is 0 Å². The molecule has 10 heteroatoms. The molecule has 4 saturated carbocycles. The molecule has 0 spiro atoms. The standard InChI is InChI=1S/C27H36ClN5O2.I2/c1-31(20-5-8-33(9-6-20)21-4-3-7-29-16-21)26-24(28)25(30-32(26)2)23(34)12-22-18-10-17-11-19(22)15-27(35,13-17)14-18;1-2/h3-4,7,16-20,22,35H,5-6,8-15H2,1-2H3;. The van der Waals surface area contributed by atoms with Gasteiger partial charge in [-0.05, 0) is 80.8 Å². The van der Waals surface area contributed by atoms with Crippen LogP contribution in [0.25, 0.3) is 0 Å². The van der Waals surface area contributed by atoms with E-state index >= 15 is 0 Å². The van der Waals surface area contributed by atoms with E-state index in [0.29, 0.717) is 46.9 Å². The van der Waals surface area contributed by atoms with Gasteiger partial charge in [-0.1, -0.05) is 11.6 Å². The third kappa shape index (κ3) is 5.52. The van der Waals surface area contributed by atoms with E-state index in [0.717, 1.165) is 56.7 Å². The number of aliphatic hydroxyl groups is 1. The molecule has 3 heterocycles. The molecule has 0 aromatic carbocycles. The predicted molar refractivity (Wildman–Crippen MR) is 165 cm³/mol. The van der Waals surface area contributed by atoms with E-state index < -0.39 is 5.60 Å². The number of nitrogens with zero attached hydrogens (tertiary/aromatic N) is 5. The summed E-state index contributed by atoms with van der Waals surface area (Å²) >= 11 is 11.1. The number of anilines is 2. The first kappa shape index (κ1) is 27.9. The van der Waals surface area contributed by atoms with Crippen LogP contribution >= 0.6 is 48.8 Å². The highest BCUT2D eigenvalue weighted by molar-refractivity contribution is 15.0. The average molecular weight is 752 g/mol. The summed E-state index contributed by atoms with van der Waals surface area (Å²) in [6.45, 7) is 1.92. The molecule has 5 fully saturated rings. The molecule has 37 heavy (non-hydrogen) atoms. The van der Waals surface area contributed by atoms with Gasteiger partial charge < -0.3 is 14.9 Å². The first-order valence-corrected chi connectivity index (χ1v) is 20.0. The second kappa shape index (κ2) is 11.4. The third-order valence-electron chi connectivity index (χ3n) is 9.44. The number of pyridine rings is 1. The lowest BCUT2D eigenvalue weighted by atomic mass is 9.49. The van der Waals surface area contributed by atoms with Gasteiger partial charge in [-0.3, -0.25) is 14.5 Å². The molecule has 2 aromatic heterocycles. The van der Waals surface area contributed by atoms with Crippen LogP contribution in [0, 0.1) is 23.7 Å². The lowest BCUT2D eigenvalue weighted by molar-refractivity contribution is -0.151. The smallest absolute Gasteiger partial charge is 0.184 e. The molecule has 0 radical (unpaired) electrons. The summed E-state index contributed by atoms with van der Waals surface area (Å²) in [5.74, 6) is 2.81. The van der Waals surface area contributed by atoms with Gasteiger partial charge in [0.25, 0.3) is 0 Å². The van der Waals surface area contributed by atoms with Crippen LogP contribution in [0.1, 0.15) is 61.9 Å². The third-order valence-corrected chi connectivity index (χ3v) is 9.79. The van der Waals surface area contributed by atoms with Gasteiger partial charge in [-0.15, -0.1) is 0 Å². The molecule has 4 aliphatic carbocycles. The second-order valence-corrected chi connectivity index (χ2v) is 12.0. The number of ketones is 1. The van der Waals surface area contributed by atoms with Crippen LogP contribution in [0.2, 0.25) is 5.02 Å². The Bertz CT molecular complexity index is 1090. The molecule has 4 bridgehead atoms. The van der Waals surface area contributed by atoms with Crippen LogP contribution in [0.5, 0.6) is 0 Å². The summed E-state index contributed by atoms with van der Waals surface area (Å²) in [5.41, 5.74) is 1.11. The summed E-state index contributed by atoms with van der Waals surface area (Å²) in [5, 5.41) is 16.0. The van der Waals surface area contributed by atoms with Gasteiger partial charge in [-0.2, -0.15) is 5.10 Å². The van der Waals surface area contributed by atoms with Crippen LogP contribution in [0.3, 0.4) is 0 Å². The van der Waals surface area contributed by atoms with Crippen molar-refractivity contribution in [3.8, 4) is 0 Å². The largest absolute Gasteiger partial charge is 0.390 e. The quantitative estimate of drug-likeness (QED) is 0.284. The SMILES string of the molecule is CN(c1c(Cl)c(C(=O)CC2C3CC4CC2CC(O)(C4)C3)nn1C)C1CCN(c2cccnc2)CC1.II. The van der Waals surface area contributed by atoms with Gasteiger partial charge in [0.1, 0.15) is 16.5 Å². The molecule has 2 aromatic rings. The van der Waals surface area contributed by atoms with E-state index in [9.17, 15) is 9.90 Å². The normalized spacial score (nSPS) is 30.7. The Labute approximate surface area is 248 Å². The summed E-state index contributed by atoms with van der Waals surface area (Å²) in [7, 11) is 3.96. The lowest BCUT2D eigenvalue weighted by Crippen LogP contribution is -2.54. The molecule has 2 atom stereocenters. The highest BCUT2D eigenvalue weighted by atomic mass is 128. The van der Waals surface area contributed by atoms with Crippen molar-refractivity contribution in [1.82, 2.24) is 14.8 Å². The Kier molecular flexibility index (Phi) is 8.63. The van der Waals surface area contributed by atoms with Crippen molar-refractivity contribution in [2.45, 2.75) is 63.0 Å². The van der Waals surface area contributed by atoms with Crippen LogP contribution in [0.4, 0.5) is 11.5 Å². The maximum atomic E-state index is 13.4. The number of carbonyl (C=O) groups excluding carboxylic acids is 1. The zero-order valence-electron chi connectivity index (χ0n) is 21.5. The van der Waals surface area contributed by atoms with Crippen LogP contribution in [0.15, 0.2) is 24.5 Å². The maximum absolute atomic E-state index is 13.4. The Morgan fingerprint density at radius 1 is 1.22 bits per heavy atom. The number of halogens is 3. The van der Waals surface area contributed by atoms with Crippen LogP contribution in [-0.4, -0.2) is 57.4 Å². The lowest BCUT2D eigenvalue weighted by Gasteiger charge is -2.58. The van der Waals surface area contributed by atoms with E-state index in [2.05, 4.69) is 70.2 Å². The number of aryl methyl sites for hydroxylation is 1. The molecule has 1 N–H and O–H groups in total. The fourth-order valence-electron chi connectivity index (χ4n) is 8.01. The highest BCUT2D eigenvalue weighted by Crippen LogP contribution is 2.59. The van der Waals surface area contributed by atoms with Gasteiger partial charge in [0.05, 0.1) is 17.5 Å². The van der Waals surface area contributed by atoms with Crippen LogP contribution in [-0.2, 0) is 7.05 Å². The van der Waals surface area contributed by atoms with Crippen molar-refractivity contribution >= 4 is 66.1 Å². The summed E-state index contributed by atoms with van der Waals surface area (Å²) in [6.07, 6.45) is 11.3. The predicted octanol–water partition coefficient (Wildman–Crippen LogP) is 6.11. The summed E-state index contributed by atoms with van der Waals surface area (Å²) in [6, 6.07) is 4.42. The van der Waals surface area contributed by atoms with Gasteiger partial charge in [-0.25, -0.2) is 0 Å². The molecule has 202 valence electrons. The number of carbonyl (C=O) groups is 1. The summed E-state index contributed by atoms with van der Waals surface area (Å²) < 4.78 is 1.78. The molecule has 7 rings (SSSR count). The minimum Gasteiger partial charge on any atom is -0.390 e. The second-order valence-electron chi connectivity index (χ2n) is 11.6. The van der Waals surface area contributed by atoms with E-state index in [4.69, 9.17) is 11.6 Å². The molecule has 2 unspecified atom stereocenters. The number of hydrogen-bond donors (Lipinski definition) is 1. The number of aromatic nitrogens is 3. The fraction of sp³-hybridized carbons (Fsp3) is 0.667. The highest BCUT2D eigenvalue weighted by Gasteiger charge is 2.55. The Hall–Kier alpha value is -0.660. The van der Waals surface area contributed by atoms with Crippen molar-refractivity contribution in [1.29, 1.82) is 0 Å². The Morgan fingerprint density at radius 3 is 2.49 bits per heavy atom. The minimum absolute atomic E-state index is 0.0566. The monoisotopic (exact) mass is 751 g/mol. The van der Waals surface area contributed by atoms with Crippen LogP contribution < -0.4 is 9.80 Å². The van der Waals surface area contributed by atoms with E-state index in [-0.39, 0.29) is 5.78 Å². The topological polar surface area (TPSA) is 74.5 Å². The molecule has 1 saturated heterocycles. The average Bonchev–Trinajstić information content (AvgIpc) is 3.20. The zero-order chi connectivity index (χ0) is 26.3. The van der Waals surface area contributed by atoms with Crippen molar-refractivity contribution in [2.75, 3.05) is 29.9 Å². The number of rotatable bonds is 6. The Balaban J connectivity index is 0.00000137. The van der Waals surface area contributed by atoms with Crippen molar-refractivity contribution < 1.29 is 9.90 Å². The zero-order valence-corrected chi connectivity index (χ0v) is 26.6. The minimum atomic E-state index is -0.471. The number of Topliss-reactive ketones (excluding diaryl/α,β-unsaturated/α-hetero) is 1. The van der Waals surface area contributed by atoms with E-state index in [1.807, 2.05) is 19.3 Å². The van der Waals surface area contributed by atoms with Gasteiger partial charge in [0.2, 0.25) is 0 Å². The summed E-state index contributed by atoms with van der Waals surface area (Å²) in [4.78, 5) is 22.3. The molecular formula is C27H36ClI2N5O2. The molecule has 7 nitrogen and oxygen atoms in total. The molecule has 0 amide bonds. The Morgan fingerprint density at radius 2 is 1.89 bits per heavy atom. The molecular weight excluding hydrogens is 716 g/mol. The number of piperidine rings is 1. The fourth-order valence-corrected chi connectivity index (χ4v) is 8.41. The first-order valence-electron chi connectivity index (χ1n) is 13.3. The van der Waals surface area contributed by atoms with E-state index in [1.54, 1.807) is 10.9 Å². The van der Waals surface area contributed by atoms with Crippen molar-refractivity contribution in [3.05, 3.63) is 35.2 Å². The van der Waals surface area contributed by atoms with Crippen molar-refractivity contribution in [2.24, 2.45) is 30.7 Å². The van der Waals surface area contributed by atoms with Gasteiger partial charge >= 0.3 is 0 Å². The molecule has 5 aliphatic rings.